The Balaban J connectivity index is 2.02. The minimum absolute atomic E-state index is 0.145. The van der Waals surface area contributed by atoms with Gasteiger partial charge in [-0.3, -0.25) is 14.6 Å². The molecule has 0 radical (unpaired) electrons. The second-order valence-corrected chi connectivity index (χ2v) is 7.60. The fourth-order valence-electron chi connectivity index (χ4n) is 3.25. The lowest BCUT2D eigenvalue weighted by Crippen LogP contribution is -2.38. The van der Waals surface area contributed by atoms with Crippen molar-refractivity contribution in [2.75, 3.05) is 0 Å². The van der Waals surface area contributed by atoms with E-state index in [1.54, 1.807) is 6.20 Å². The van der Waals surface area contributed by atoms with Crippen molar-refractivity contribution in [3.8, 4) is 11.1 Å². The van der Waals surface area contributed by atoms with Crippen LogP contribution < -0.4 is 5.32 Å². The number of aliphatic carboxylic acids is 1. The third-order valence-electron chi connectivity index (χ3n) is 4.66. The summed E-state index contributed by atoms with van der Waals surface area (Å²) >= 11 is 6.06. The smallest absolute Gasteiger partial charge is 0.305 e. The summed E-state index contributed by atoms with van der Waals surface area (Å²) in [7, 11) is 0. The summed E-state index contributed by atoms with van der Waals surface area (Å²) in [6.07, 6.45) is 6.39. The normalized spacial score (nSPS) is 12.5. The first-order chi connectivity index (χ1) is 14.9. The van der Waals surface area contributed by atoms with Crippen LogP contribution in [0.5, 0.6) is 0 Å². The molecule has 0 fully saturated rings. The average molecular weight is 439 g/mol. The van der Waals surface area contributed by atoms with E-state index in [9.17, 15) is 14.7 Å². The molecular formula is C25H27ClN2O3. The van der Waals surface area contributed by atoms with Gasteiger partial charge >= 0.3 is 5.97 Å². The first-order valence-corrected chi connectivity index (χ1v) is 10.4. The maximum atomic E-state index is 12.4. The molecule has 0 aromatic heterocycles. The Hall–Kier alpha value is -3.18. The summed E-state index contributed by atoms with van der Waals surface area (Å²) < 4.78 is 0. The molecule has 1 unspecified atom stereocenters. The molecule has 2 aromatic carbocycles. The van der Waals surface area contributed by atoms with Gasteiger partial charge in [0.25, 0.3) is 0 Å². The van der Waals surface area contributed by atoms with Crippen molar-refractivity contribution in [3.05, 3.63) is 83.0 Å². The second-order valence-electron chi connectivity index (χ2n) is 7.16. The quantitative estimate of drug-likeness (QED) is 0.361. The Bertz CT molecular complexity index is 965. The molecule has 6 heteroatoms. The molecular weight excluding hydrogens is 412 g/mol. The van der Waals surface area contributed by atoms with Gasteiger partial charge in [0.2, 0.25) is 5.91 Å². The summed E-state index contributed by atoms with van der Waals surface area (Å²) in [6, 6.07) is 14.9. The molecule has 31 heavy (non-hydrogen) atoms. The Morgan fingerprint density at radius 3 is 2.52 bits per heavy atom. The third-order valence-corrected chi connectivity index (χ3v) is 4.89. The molecule has 1 amide bonds. The molecule has 2 N–H and O–H groups in total. The molecule has 5 nitrogen and oxygen atoms in total. The van der Waals surface area contributed by atoms with Gasteiger partial charge in [-0.1, -0.05) is 60.2 Å². The molecule has 2 rings (SSSR count). The predicted molar refractivity (Wildman–Crippen MR) is 126 cm³/mol. The van der Waals surface area contributed by atoms with Crippen LogP contribution in [0.1, 0.15) is 31.7 Å². The maximum Gasteiger partial charge on any atom is 0.305 e. The zero-order valence-electron chi connectivity index (χ0n) is 17.6. The lowest BCUT2D eigenvalue weighted by molar-refractivity contribution is -0.137. The SMILES string of the molecule is C=N/C=C(\C=C/C)CCC(=O)NC(CC(=O)O)Cc1ccc(-c2cccc(Cl)c2)cc1. The van der Waals surface area contributed by atoms with E-state index >= 15 is 0 Å². The Morgan fingerprint density at radius 1 is 1.16 bits per heavy atom. The topological polar surface area (TPSA) is 78.8 Å². The van der Waals surface area contributed by atoms with Crippen LogP contribution in [0, 0.1) is 0 Å². The number of carboxylic acid groups (broad SMARTS) is 1. The molecule has 0 aliphatic rings. The highest BCUT2D eigenvalue weighted by Gasteiger charge is 2.17. The van der Waals surface area contributed by atoms with Crippen LogP contribution in [0.3, 0.4) is 0 Å². The minimum atomic E-state index is -0.953. The molecule has 162 valence electrons. The Morgan fingerprint density at radius 2 is 1.90 bits per heavy atom. The maximum absolute atomic E-state index is 12.4. The molecule has 0 saturated carbocycles. The first-order valence-electron chi connectivity index (χ1n) is 10.0. The van der Waals surface area contributed by atoms with E-state index in [-0.39, 0.29) is 18.7 Å². The molecule has 2 aromatic rings. The van der Waals surface area contributed by atoms with Crippen molar-refractivity contribution in [3.63, 3.8) is 0 Å². The fraction of sp³-hybridized carbons (Fsp3) is 0.240. The number of nitrogens with one attached hydrogen (secondary N) is 1. The summed E-state index contributed by atoms with van der Waals surface area (Å²) in [4.78, 5) is 27.4. The number of benzene rings is 2. The van der Waals surface area contributed by atoms with Gasteiger partial charge in [0.05, 0.1) is 6.42 Å². The highest BCUT2D eigenvalue weighted by atomic mass is 35.5. The van der Waals surface area contributed by atoms with Crippen LogP contribution in [0.25, 0.3) is 11.1 Å². The van der Waals surface area contributed by atoms with E-state index in [2.05, 4.69) is 17.0 Å². The minimum Gasteiger partial charge on any atom is -0.481 e. The van der Waals surface area contributed by atoms with Gasteiger partial charge in [0.15, 0.2) is 0 Å². The van der Waals surface area contributed by atoms with Crippen LogP contribution in [0.2, 0.25) is 5.02 Å². The van der Waals surface area contributed by atoms with E-state index in [1.807, 2.05) is 67.6 Å². The van der Waals surface area contributed by atoms with Crippen molar-refractivity contribution in [1.82, 2.24) is 5.32 Å². The van der Waals surface area contributed by atoms with E-state index in [1.165, 1.54) is 0 Å². The summed E-state index contributed by atoms with van der Waals surface area (Å²) in [5.41, 5.74) is 3.86. The van der Waals surface area contributed by atoms with Crippen LogP contribution >= 0.6 is 11.6 Å². The molecule has 0 heterocycles. The van der Waals surface area contributed by atoms with Gasteiger partial charge in [-0.25, -0.2) is 0 Å². The largest absolute Gasteiger partial charge is 0.481 e. The highest BCUT2D eigenvalue weighted by Crippen LogP contribution is 2.23. The van der Waals surface area contributed by atoms with Crippen LogP contribution in [-0.2, 0) is 16.0 Å². The lowest BCUT2D eigenvalue weighted by atomic mass is 9.99. The number of hydrogen-bond donors (Lipinski definition) is 2. The van der Waals surface area contributed by atoms with E-state index in [4.69, 9.17) is 11.6 Å². The number of amides is 1. The van der Waals surface area contributed by atoms with Gasteiger partial charge in [0.1, 0.15) is 0 Å². The number of allylic oxidation sites excluding steroid dienone is 3. The van der Waals surface area contributed by atoms with Crippen molar-refractivity contribution in [1.29, 1.82) is 0 Å². The number of carbonyl (C=O) groups excluding carboxylic acids is 1. The molecule has 0 aliphatic carbocycles. The molecule has 0 spiro atoms. The molecule has 0 bridgehead atoms. The van der Waals surface area contributed by atoms with Gasteiger partial charge in [-0.2, -0.15) is 0 Å². The van der Waals surface area contributed by atoms with Crippen molar-refractivity contribution in [2.24, 2.45) is 4.99 Å². The summed E-state index contributed by atoms with van der Waals surface area (Å²) in [6.45, 7) is 5.32. The molecule has 1 atom stereocenters. The van der Waals surface area contributed by atoms with E-state index in [0.717, 1.165) is 22.3 Å². The average Bonchev–Trinajstić information content (AvgIpc) is 2.72. The standard InChI is InChI=1S/C25H27ClN2O3/c1-3-5-19(17-27-2)10-13-24(29)28-23(16-25(30)31)14-18-8-11-20(12-9-18)21-6-4-7-22(26)15-21/h3-9,11-12,15,17,23H,2,10,13-14,16H2,1H3,(H,28,29)(H,30,31)/b5-3-,19-17+. The van der Waals surface area contributed by atoms with E-state index < -0.39 is 12.0 Å². The van der Waals surface area contributed by atoms with Gasteiger partial charge in [0, 0.05) is 23.7 Å². The number of halogens is 1. The highest BCUT2D eigenvalue weighted by molar-refractivity contribution is 6.30. The van der Waals surface area contributed by atoms with Crippen molar-refractivity contribution < 1.29 is 14.7 Å². The molecule has 0 aliphatic heterocycles. The fourth-order valence-corrected chi connectivity index (χ4v) is 3.44. The van der Waals surface area contributed by atoms with Crippen LogP contribution in [0.15, 0.2) is 77.4 Å². The van der Waals surface area contributed by atoms with Gasteiger partial charge in [-0.05, 0) is 60.9 Å². The zero-order chi connectivity index (χ0) is 22.6. The number of carbonyl (C=O) groups is 2. The number of aliphatic imine (C=N–C) groups is 1. The number of hydrogen-bond acceptors (Lipinski definition) is 3. The number of nitrogens with zero attached hydrogens (tertiary/aromatic N) is 1. The van der Waals surface area contributed by atoms with Crippen LogP contribution in [0.4, 0.5) is 0 Å². The monoisotopic (exact) mass is 438 g/mol. The van der Waals surface area contributed by atoms with Gasteiger partial charge in [-0.15, -0.1) is 0 Å². The van der Waals surface area contributed by atoms with Crippen molar-refractivity contribution in [2.45, 2.75) is 38.6 Å². The van der Waals surface area contributed by atoms with Gasteiger partial charge < -0.3 is 10.4 Å². The molecule has 0 saturated heterocycles. The Labute approximate surface area is 188 Å². The predicted octanol–water partition coefficient (Wildman–Crippen LogP) is 5.45. The van der Waals surface area contributed by atoms with E-state index in [0.29, 0.717) is 17.9 Å². The lowest BCUT2D eigenvalue weighted by Gasteiger charge is -2.17. The zero-order valence-corrected chi connectivity index (χ0v) is 18.3. The summed E-state index contributed by atoms with van der Waals surface area (Å²) in [5, 5.41) is 12.8. The first kappa shape index (κ1) is 24.1. The number of rotatable bonds is 11. The second kappa shape index (κ2) is 12.5. The Kier molecular flexibility index (Phi) is 9.72. The van der Waals surface area contributed by atoms with Crippen LogP contribution in [-0.4, -0.2) is 29.7 Å². The summed E-state index contributed by atoms with van der Waals surface area (Å²) in [5.74, 6) is -1.15. The number of carboxylic acids is 1. The third kappa shape index (κ3) is 8.60. The van der Waals surface area contributed by atoms with Crippen molar-refractivity contribution >= 4 is 30.2 Å².